The van der Waals surface area contributed by atoms with Gasteiger partial charge >= 0.3 is 0 Å². The lowest BCUT2D eigenvalue weighted by molar-refractivity contribution is 0.395. The molecule has 1 fully saturated rings. The van der Waals surface area contributed by atoms with Gasteiger partial charge in [0, 0.05) is 38.6 Å². The monoisotopic (exact) mass is 263 g/mol. The summed E-state index contributed by atoms with van der Waals surface area (Å²) in [6.45, 7) is 5.40. The van der Waals surface area contributed by atoms with Crippen LogP contribution in [0.4, 0.5) is 5.95 Å². The molecule has 0 saturated carbocycles. The van der Waals surface area contributed by atoms with Crippen LogP contribution in [-0.2, 0) is 6.42 Å². The van der Waals surface area contributed by atoms with E-state index < -0.39 is 0 Å². The minimum Gasteiger partial charge on any atom is -0.344 e. The maximum atomic E-state index is 5.77. The van der Waals surface area contributed by atoms with Crippen molar-refractivity contribution in [2.45, 2.75) is 25.8 Å². The van der Waals surface area contributed by atoms with Crippen molar-refractivity contribution in [2.24, 2.45) is 11.7 Å². The van der Waals surface area contributed by atoms with E-state index in [1.807, 2.05) is 19.3 Å². The van der Waals surface area contributed by atoms with Crippen LogP contribution in [0, 0.1) is 5.92 Å². The summed E-state index contributed by atoms with van der Waals surface area (Å²) in [4.78, 5) is 13.4. The van der Waals surface area contributed by atoms with Crippen molar-refractivity contribution in [3.05, 3.63) is 18.0 Å². The molecule has 0 aliphatic carbocycles. The highest BCUT2D eigenvalue weighted by Crippen LogP contribution is 2.17. The largest absolute Gasteiger partial charge is 0.344 e. The van der Waals surface area contributed by atoms with Crippen molar-refractivity contribution in [1.29, 1.82) is 0 Å². The lowest BCUT2D eigenvalue weighted by Crippen LogP contribution is -2.28. The van der Waals surface area contributed by atoms with Crippen LogP contribution in [0.1, 0.15) is 18.9 Å². The van der Waals surface area contributed by atoms with E-state index in [4.69, 9.17) is 5.73 Å². The van der Waals surface area contributed by atoms with E-state index in [0.29, 0.717) is 0 Å². The van der Waals surface area contributed by atoms with E-state index in [1.54, 1.807) is 0 Å². The molecule has 5 nitrogen and oxygen atoms in total. The van der Waals surface area contributed by atoms with Crippen LogP contribution in [0.5, 0.6) is 0 Å². The first-order valence-corrected chi connectivity index (χ1v) is 7.00. The minimum absolute atomic E-state index is 0.154. The Balaban J connectivity index is 1.90. The van der Waals surface area contributed by atoms with Gasteiger partial charge in [-0.15, -0.1) is 0 Å². The molecule has 2 atom stereocenters. The molecular formula is C14H25N5. The number of nitrogens with two attached hydrogens (primary N) is 1. The first kappa shape index (κ1) is 14.2. The molecule has 0 amide bonds. The van der Waals surface area contributed by atoms with Crippen molar-refractivity contribution in [2.75, 3.05) is 38.6 Å². The van der Waals surface area contributed by atoms with Gasteiger partial charge in [0.05, 0.1) is 0 Å². The summed E-state index contributed by atoms with van der Waals surface area (Å²) < 4.78 is 0. The van der Waals surface area contributed by atoms with Gasteiger partial charge in [-0.1, -0.05) is 0 Å². The third-order valence-electron chi connectivity index (χ3n) is 3.61. The topological polar surface area (TPSA) is 58.3 Å². The second-order valence-corrected chi connectivity index (χ2v) is 5.87. The normalized spacial score (nSPS) is 21.6. The van der Waals surface area contributed by atoms with E-state index in [9.17, 15) is 0 Å². The second-order valence-electron chi connectivity index (χ2n) is 5.87. The Kier molecular flexibility index (Phi) is 4.71. The highest BCUT2D eigenvalue weighted by atomic mass is 15.2. The summed E-state index contributed by atoms with van der Waals surface area (Å²) in [7, 11) is 4.25. The van der Waals surface area contributed by atoms with Crippen molar-refractivity contribution in [1.82, 2.24) is 14.9 Å². The molecule has 0 spiro atoms. The summed E-state index contributed by atoms with van der Waals surface area (Å²) in [6.07, 6.45) is 5.88. The molecule has 19 heavy (non-hydrogen) atoms. The van der Waals surface area contributed by atoms with E-state index >= 15 is 0 Å². The van der Waals surface area contributed by atoms with Gasteiger partial charge in [0.25, 0.3) is 0 Å². The van der Waals surface area contributed by atoms with E-state index in [0.717, 1.165) is 30.4 Å². The third-order valence-corrected chi connectivity index (χ3v) is 3.61. The fourth-order valence-corrected chi connectivity index (χ4v) is 2.67. The Morgan fingerprint density at radius 1 is 1.47 bits per heavy atom. The van der Waals surface area contributed by atoms with Gasteiger partial charge < -0.3 is 15.5 Å². The first-order chi connectivity index (χ1) is 9.04. The summed E-state index contributed by atoms with van der Waals surface area (Å²) in [5, 5.41) is 0. The minimum atomic E-state index is 0.154. The smallest absolute Gasteiger partial charge is 0.225 e. The summed E-state index contributed by atoms with van der Waals surface area (Å²) >= 11 is 0. The van der Waals surface area contributed by atoms with Gasteiger partial charge in [-0.2, -0.15) is 0 Å². The Morgan fingerprint density at radius 2 is 2.16 bits per heavy atom. The number of aromatic nitrogens is 2. The Labute approximate surface area is 115 Å². The van der Waals surface area contributed by atoms with E-state index in [2.05, 4.69) is 33.9 Å². The first-order valence-electron chi connectivity index (χ1n) is 7.00. The Hall–Kier alpha value is -1.20. The number of hydrogen-bond acceptors (Lipinski definition) is 5. The predicted molar refractivity (Wildman–Crippen MR) is 78.3 cm³/mol. The molecule has 1 aliphatic heterocycles. The highest BCUT2D eigenvalue weighted by Gasteiger charge is 2.21. The van der Waals surface area contributed by atoms with Gasteiger partial charge in [0.2, 0.25) is 5.95 Å². The van der Waals surface area contributed by atoms with E-state index in [-0.39, 0.29) is 6.04 Å². The molecule has 1 aromatic rings. The van der Waals surface area contributed by atoms with Gasteiger partial charge in [0.1, 0.15) is 0 Å². The van der Waals surface area contributed by atoms with Gasteiger partial charge in [-0.3, -0.25) is 0 Å². The predicted octanol–water partition coefficient (Wildman–Crippen LogP) is 0.754. The number of rotatable bonds is 5. The van der Waals surface area contributed by atoms with Crippen LogP contribution in [0.25, 0.3) is 0 Å². The summed E-state index contributed by atoms with van der Waals surface area (Å²) in [5.74, 6) is 1.53. The SMILES string of the molecule is CC(N)Cc1cnc(N(C)CC2CCN(C)C2)nc1. The van der Waals surface area contributed by atoms with Gasteiger partial charge in [0.15, 0.2) is 0 Å². The fraction of sp³-hybridized carbons (Fsp3) is 0.714. The second kappa shape index (κ2) is 6.30. The van der Waals surface area contributed by atoms with Crippen LogP contribution in [0.15, 0.2) is 12.4 Å². The molecule has 2 N–H and O–H groups in total. The number of hydrogen-bond donors (Lipinski definition) is 1. The molecule has 1 saturated heterocycles. The fourth-order valence-electron chi connectivity index (χ4n) is 2.67. The van der Waals surface area contributed by atoms with Crippen molar-refractivity contribution < 1.29 is 0 Å². The molecule has 1 aliphatic rings. The molecule has 2 unspecified atom stereocenters. The molecule has 0 radical (unpaired) electrons. The quantitative estimate of drug-likeness (QED) is 0.849. The van der Waals surface area contributed by atoms with Gasteiger partial charge in [-0.05, 0) is 44.8 Å². The van der Waals surface area contributed by atoms with Crippen molar-refractivity contribution in [3.8, 4) is 0 Å². The van der Waals surface area contributed by atoms with Crippen molar-refractivity contribution >= 4 is 5.95 Å². The molecule has 2 heterocycles. The standard InChI is InChI=1S/C14H25N5/c1-11(15)6-13-7-16-14(17-8-13)19(3)10-12-4-5-18(2)9-12/h7-8,11-12H,4-6,9-10,15H2,1-3H3. The molecule has 5 heteroatoms. The zero-order chi connectivity index (χ0) is 13.8. The molecule has 0 bridgehead atoms. The zero-order valence-corrected chi connectivity index (χ0v) is 12.2. The average Bonchev–Trinajstić information content (AvgIpc) is 2.75. The molecule has 2 rings (SSSR count). The average molecular weight is 263 g/mol. The third kappa shape index (κ3) is 4.14. The molecule has 0 aromatic carbocycles. The number of nitrogens with zero attached hydrogens (tertiary/aromatic N) is 4. The maximum absolute atomic E-state index is 5.77. The van der Waals surface area contributed by atoms with Crippen LogP contribution < -0.4 is 10.6 Å². The molecule has 106 valence electrons. The Morgan fingerprint density at radius 3 is 2.68 bits per heavy atom. The summed E-state index contributed by atoms with van der Waals surface area (Å²) in [5.41, 5.74) is 6.88. The lowest BCUT2D eigenvalue weighted by Gasteiger charge is -2.21. The zero-order valence-electron chi connectivity index (χ0n) is 12.2. The van der Waals surface area contributed by atoms with Gasteiger partial charge in [-0.25, -0.2) is 9.97 Å². The van der Waals surface area contributed by atoms with Crippen LogP contribution in [-0.4, -0.2) is 54.6 Å². The summed E-state index contributed by atoms with van der Waals surface area (Å²) in [6, 6.07) is 0.154. The van der Waals surface area contributed by atoms with Crippen molar-refractivity contribution in [3.63, 3.8) is 0 Å². The highest BCUT2D eigenvalue weighted by molar-refractivity contribution is 5.28. The molecular weight excluding hydrogens is 238 g/mol. The van der Waals surface area contributed by atoms with Crippen LogP contribution in [0.2, 0.25) is 0 Å². The number of likely N-dealkylation sites (tertiary alicyclic amines) is 1. The molecule has 1 aromatic heterocycles. The van der Waals surface area contributed by atoms with E-state index in [1.165, 1.54) is 19.5 Å². The van der Waals surface area contributed by atoms with Crippen LogP contribution in [0.3, 0.4) is 0 Å². The Bertz CT molecular complexity index is 389. The van der Waals surface area contributed by atoms with Crippen LogP contribution >= 0.6 is 0 Å². The number of anilines is 1. The lowest BCUT2D eigenvalue weighted by atomic mass is 10.1. The maximum Gasteiger partial charge on any atom is 0.225 e.